The maximum absolute atomic E-state index is 12.6. The van der Waals surface area contributed by atoms with E-state index in [0.717, 1.165) is 10.9 Å². The Morgan fingerprint density at radius 1 is 1.25 bits per heavy atom. The second-order valence-electron chi connectivity index (χ2n) is 3.71. The van der Waals surface area contributed by atoms with Crippen LogP contribution in [0.25, 0.3) is 5.69 Å². The maximum Gasteiger partial charge on any atom is 0.416 e. The first kappa shape index (κ1) is 14.5. The minimum absolute atomic E-state index is 0.0573. The minimum Gasteiger partial charge on any atom is -0.504 e. The quantitative estimate of drug-likeness (QED) is 0.869. The number of aromatic nitrogens is 2. The van der Waals surface area contributed by atoms with Crippen LogP contribution in [0.15, 0.2) is 18.3 Å². The molecule has 0 radical (unpaired) electrons. The van der Waals surface area contributed by atoms with Gasteiger partial charge >= 0.3 is 6.18 Å². The summed E-state index contributed by atoms with van der Waals surface area (Å²) in [5.74, 6) is -0.431. The van der Waals surface area contributed by atoms with Gasteiger partial charge in [0.25, 0.3) is 0 Å². The molecule has 0 fully saturated rings. The Morgan fingerprint density at radius 2 is 1.80 bits per heavy atom. The number of rotatable bonds is 1. The van der Waals surface area contributed by atoms with Crippen LogP contribution >= 0.6 is 23.2 Å². The fourth-order valence-corrected chi connectivity index (χ4v) is 2.17. The number of hydrogen-bond donors (Lipinski definition) is 1. The lowest BCUT2D eigenvalue weighted by molar-refractivity contribution is -0.137. The molecule has 0 aliphatic rings. The molecule has 1 heterocycles. The van der Waals surface area contributed by atoms with E-state index in [9.17, 15) is 18.3 Å². The van der Waals surface area contributed by atoms with Gasteiger partial charge in [-0.05, 0) is 12.1 Å². The van der Waals surface area contributed by atoms with Crippen molar-refractivity contribution in [3.05, 3.63) is 39.6 Å². The molecule has 0 spiro atoms. The van der Waals surface area contributed by atoms with Crippen molar-refractivity contribution in [2.45, 2.75) is 6.18 Å². The predicted octanol–water partition coefficient (Wildman–Crippen LogP) is 3.78. The molecular formula is C11H4Cl2F3N3O. The van der Waals surface area contributed by atoms with Gasteiger partial charge in [0.15, 0.2) is 5.75 Å². The lowest BCUT2D eigenvalue weighted by Crippen LogP contribution is -2.07. The third-order valence-electron chi connectivity index (χ3n) is 2.37. The molecule has 0 saturated heterocycles. The molecule has 0 aliphatic heterocycles. The summed E-state index contributed by atoms with van der Waals surface area (Å²) in [7, 11) is 0. The molecular weight excluding hydrogens is 318 g/mol. The van der Waals surface area contributed by atoms with Crippen LogP contribution in [0.4, 0.5) is 13.2 Å². The van der Waals surface area contributed by atoms with Crippen molar-refractivity contribution >= 4 is 23.2 Å². The third-order valence-corrected chi connectivity index (χ3v) is 2.95. The van der Waals surface area contributed by atoms with E-state index < -0.39 is 17.5 Å². The molecule has 0 amide bonds. The van der Waals surface area contributed by atoms with Crippen molar-refractivity contribution in [1.82, 2.24) is 9.78 Å². The van der Waals surface area contributed by atoms with Crippen LogP contribution in [0.1, 0.15) is 11.3 Å². The largest absolute Gasteiger partial charge is 0.504 e. The highest BCUT2D eigenvalue weighted by Gasteiger charge is 2.32. The molecule has 2 rings (SSSR count). The van der Waals surface area contributed by atoms with E-state index in [0.29, 0.717) is 12.1 Å². The Kier molecular flexibility index (Phi) is 3.54. The minimum atomic E-state index is -4.59. The Bertz CT molecular complexity index is 696. The molecule has 0 aliphatic carbocycles. The smallest absolute Gasteiger partial charge is 0.416 e. The summed E-state index contributed by atoms with van der Waals surface area (Å²) in [4.78, 5) is 0. The monoisotopic (exact) mass is 321 g/mol. The summed E-state index contributed by atoms with van der Waals surface area (Å²) in [6, 6.07) is 2.99. The summed E-state index contributed by atoms with van der Waals surface area (Å²) in [6.45, 7) is 0. The molecule has 0 bridgehead atoms. The standard InChI is InChI=1S/C11H4Cl2F3N3O/c12-6-1-5(11(14,15)16)2-7(13)10(6)19-4-9(20)8(3-17)18-19/h1-2,4,20H. The normalized spacial score (nSPS) is 11.4. The molecule has 104 valence electrons. The zero-order chi connectivity index (χ0) is 15.1. The average Bonchev–Trinajstić information content (AvgIpc) is 2.68. The summed E-state index contributed by atoms with van der Waals surface area (Å²) in [5, 5.41) is 21.1. The van der Waals surface area contributed by atoms with Crippen molar-refractivity contribution in [2.24, 2.45) is 0 Å². The molecule has 0 unspecified atom stereocenters. The fraction of sp³-hybridized carbons (Fsp3) is 0.0909. The fourth-order valence-electron chi connectivity index (χ4n) is 1.51. The molecule has 1 N–H and O–H groups in total. The zero-order valence-electron chi connectivity index (χ0n) is 9.41. The summed E-state index contributed by atoms with van der Waals surface area (Å²) in [5.41, 5.74) is -1.36. The Balaban J connectivity index is 2.61. The third kappa shape index (κ3) is 2.53. The molecule has 1 aromatic carbocycles. The number of alkyl halides is 3. The first-order valence-corrected chi connectivity index (χ1v) is 5.75. The van der Waals surface area contributed by atoms with Crippen LogP contribution in [-0.4, -0.2) is 14.9 Å². The van der Waals surface area contributed by atoms with Gasteiger partial charge in [0.2, 0.25) is 5.69 Å². The van der Waals surface area contributed by atoms with Crippen molar-refractivity contribution in [3.63, 3.8) is 0 Å². The van der Waals surface area contributed by atoms with Crippen LogP contribution in [0, 0.1) is 11.3 Å². The van der Waals surface area contributed by atoms with Gasteiger partial charge in [0.1, 0.15) is 11.8 Å². The maximum atomic E-state index is 12.6. The number of nitriles is 1. The van der Waals surface area contributed by atoms with Gasteiger partial charge in [-0.15, -0.1) is 0 Å². The SMILES string of the molecule is N#Cc1nn(-c2c(Cl)cc(C(F)(F)F)cc2Cl)cc1O. The van der Waals surface area contributed by atoms with Crippen molar-refractivity contribution < 1.29 is 18.3 Å². The number of aromatic hydroxyl groups is 1. The van der Waals surface area contributed by atoms with Crippen LogP contribution in [0.5, 0.6) is 5.75 Å². The van der Waals surface area contributed by atoms with Gasteiger partial charge in [-0.3, -0.25) is 0 Å². The van der Waals surface area contributed by atoms with E-state index in [2.05, 4.69) is 5.10 Å². The van der Waals surface area contributed by atoms with Gasteiger partial charge in [0.05, 0.1) is 21.8 Å². The number of hydrogen-bond acceptors (Lipinski definition) is 3. The van der Waals surface area contributed by atoms with E-state index in [-0.39, 0.29) is 21.4 Å². The lowest BCUT2D eigenvalue weighted by Gasteiger charge is -2.12. The molecule has 1 aromatic heterocycles. The predicted molar refractivity (Wildman–Crippen MR) is 65.0 cm³/mol. The molecule has 2 aromatic rings. The first-order valence-electron chi connectivity index (χ1n) is 4.99. The highest BCUT2D eigenvalue weighted by atomic mass is 35.5. The van der Waals surface area contributed by atoms with E-state index in [4.69, 9.17) is 28.5 Å². The van der Waals surface area contributed by atoms with Gasteiger partial charge in [-0.2, -0.15) is 23.5 Å². The summed E-state index contributed by atoms with van der Waals surface area (Å²) >= 11 is 11.5. The molecule has 0 saturated carbocycles. The first-order chi connectivity index (χ1) is 9.24. The highest BCUT2D eigenvalue weighted by molar-refractivity contribution is 6.37. The molecule has 0 atom stereocenters. The molecule has 4 nitrogen and oxygen atoms in total. The number of benzene rings is 1. The van der Waals surface area contributed by atoms with Gasteiger partial charge in [-0.25, -0.2) is 4.68 Å². The van der Waals surface area contributed by atoms with E-state index in [1.165, 1.54) is 0 Å². The Morgan fingerprint density at radius 3 is 2.20 bits per heavy atom. The second-order valence-corrected chi connectivity index (χ2v) is 4.52. The Hall–Kier alpha value is -1.91. The van der Waals surface area contributed by atoms with Crippen LogP contribution < -0.4 is 0 Å². The summed E-state index contributed by atoms with van der Waals surface area (Å²) < 4.78 is 38.7. The van der Waals surface area contributed by atoms with Gasteiger partial charge in [-0.1, -0.05) is 23.2 Å². The van der Waals surface area contributed by atoms with E-state index in [1.807, 2.05) is 0 Å². The number of halogens is 5. The summed E-state index contributed by atoms with van der Waals surface area (Å²) in [6.07, 6.45) is -3.56. The van der Waals surface area contributed by atoms with E-state index in [1.54, 1.807) is 6.07 Å². The second kappa shape index (κ2) is 4.89. The average molecular weight is 322 g/mol. The van der Waals surface area contributed by atoms with Crippen LogP contribution in [0.2, 0.25) is 10.0 Å². The molecule has 20 heavy (non-hydrogen) atoms. The zero-order valence-corrected chi connectivity index (χ0v) is 10.9. The van der Waals surface area contributed by atoms with Gasteiger partial charge < -0.3 is 5.11 Å². The van der Waals surface area contributed by atoms with Crippen LogP contribution in [0.3, 0.4) is 0 Å². The number of nitrogens with zero attached hydrogens (tertiary/aromatic N) is 3. The van der Waals surface area contributed by atoms with Crippen LogP contribution in [-0.2, 0) is 6.18 Å². The van der Waals surface area contributed by atoms with Crippen molar-refractivity contribution in [2.75, 3.05) is 0 Å². The highest BCUT2D eigenvalue weighted by Crippen LogP contribution is 2.37. The van der Waals surface area contributed by atoms with Crippen molar-refractivity contribution in [3.8, 4) is 17.5 Å². The lowest BCUT2D eigenvalue weighted by atomic mass is 10.2. The molecule has 9 heteroatoms. The topological polar surface area (TPSA) is 61.8 Å². The van der Waals surface area contributed by atoms with E-state index >= 15 is 0 Å². The van der Waals surface area contributed by atoms with Gasteiger partial charge in [0, 0.05) is 0 Å². The van der Waals surface area contributed by atoms with Crippen molar-refractivity contribution in [1.29, 1.82) is 5.26 Å². The Labute approximate surface area is 120 Å².